The molecule has 4 nitrogen and oxygen atoms in total. The molecule has 2 N–H and O–H groups in total. The van der Waals surface area contributed by atoms with Crippen LogP contribution in [0.15, 0.2) is 0 Å². The molecular weight excluding hydrogens is 249 g/mol. The molecule has 0 spiro atoms. The predicted molar refractivity (Wildman–Crippen MR) is 58.2 cm³/mol. The number of carbonyl (C=O) groups is 1. The number of hydrogen-bond acceptors (Lipinski definition) is 3. The number of halogens is 3. The molecule has 2 unspecified atom stereocenters. The number of fused-ring (bicyclic) bond motifs is 1. The Morgan fingerprint density at radius 2 is 1.83 bits per heavy atom. The van der Waals surface area contributed by atoms with Crippen molar-refractivity contribution in [3.05, 3.63) is 0 Å². The maximum atomic E-state index is 10.6. The standard InChI is InChI=1S/C9H16N2.C2HF3O2/c1-2-8(1)11-4-3-7-5-10-6-9(7)11;3-2(4,5)1(6)7/h7-10H,1-6H2;(H,6,7). The van der Waals surface area contributed by atoms with Gasteiger partial charge in [-0.1, -0.05) is 0 Å². The Labute approximate surface area is 103 Å². The molecule has 2 heterocycles. The monoisotopic (exact) mass is 266 g/mol. The number of aliphatic carboxylic acids is 1. The van der Waals surface area contributed by atoms with Gasteiger partial charge in [0, 0.05) is 18.6 Å². The van der Waals surface area contributed by atoms with Gasteiger partial charge in [0.15, 0.2) is 0 Å². The van der Waals surface area contributed by atoms with E-state index in [9.17, 15) is 13.2 Å². The van der Waals surface area contributed by atoms with Crippen LogP contribution in [0.25, 0.3) is 0 Å². The summed E-state index contributed by atoms with van der Waals surface area (Å²) in [5.74, 6) is -1.76. The van der Waals surface area contributed by atoms with Gasteiger partial charge in [-0.3, -0.25) is 4.90 Å². The van der Waals surface area contributed by atoms with Gasteiger partial charge in [-0.25, -0.2) is 4.79 Å². The van der Waals surface area contributed by atoms with E-state index in [1.165, 1.54) is 38.9 Å². The lowest BCUT2D eigenvalue weighted by molar-refractivity contribution is -0.192. The van der Waals surface area contributed by atoms with Gasteiger partial charge in [-0.15, -0.1) is 0 Å². The first-order valence-corrected chi connectivity index (χ1v) is 6.16. The number of likely N-dealkylation sites (tertiary alicyclic amines) is 1. The second-order valence-corrected chi connectivity index (χ2v) is 5.05. The van der Waals surface area contributed by atoms with Gasteiger partial charge < -0.3 is 10.4 Å². The molecule has 2 atom stereocenters. The summed E-state index contributed by atoms with van der Waals surface area (Å²) in [4.78, 5) is 11.7. The van der Waals surface area contributed by atoms with Crippen molar-refractivity contribution in [2.24, 2.45) is 5.92 Å². The fraction of sp³-hybridized carbons (Fsp3) is 0.909. The minimum absolute atomic E-state index is 0.919. The maximum absolute atomic E-state index is 10.6. The summed E-state index contributed by atoms with van der Waals surface area (Å²) in [6, 6.07) is 1.91. The second-order valence-electron chi connectivity index (χ2n) is 5.05. The zero-order chi connectivity index (χ0) is 13.3. The first-order chi connectivity index (χ1) is 8.39. The minimum atomic E-state index is -5.08. The third kappa shape index (κ3) is 3.14. The van der Waals surface area contributed by atoms with Crippen LogP contribution < -0.4 is 5.32 Å². The van der Waals surface area contributed by atoms with E-state index in [2.05, 4.69) is 10.2 Å². The van der Waals surface area contributed by atoms with Crippen LogP contribution in [0.4, 0.5) is 13.2 Å². The molecular formula is C11H17F3N2O2. The van der Waals surface area contributed by atoms with Crippen molar-refractivity contribution in [2.75, 3.05) is 19.6 Å². The molecule has 7 heteroatoms. The van der Waals surface area contributed by atoms with E-state index < -0.39 is 12.1 Å². The van der Waals surface area contributed by atoms with Crippen molar-refractivity contribution in [2.45, 2.75) is 37.5 Å². The molecule has 0 aromatic carbocycles. The van der Waals surface area contributed by atoms with Gasteiger partial charge in [0.05, 0.1) is 0 Å². The van der Waals surface area contributed by atoms with E-state index >= 15 is 0 Å². The highest BCUT2D eigenvalue weighted by atomic mass is 19.4. The highest BCUT2D eigenvalue weighted by Gasteiger charge is 2.43. The summed E-state index contributed by atoms with van der Waals surface area (Å²) in [5, 5.41) is 10.6. The van der Waals surface area contributed by atoms with Gasteiger partial charge in [0.25, 0.3) is 0 Å². The first kappa shape index (κ1) is 13.6. The van der Waals surface area contributed by atoms with E-state index in [0.717, 1.165) is 18.0 Å². The van der Waals surface area contributed by atoms with E-state index in [0.29, 0.717) is 0 Å². The van der Waals surface area contributed by atoms with Gasteiger partial charge in [0.2, 0.25) is 0 Å². The van der Waals surface area contributed by atoms with Crippen LogP contribution in [0.3, 0.4) is 0 Å². The van der Waals surface area contributed by atoms with E-state index in [-0.39, 0.29) is 0 Å². The topological polar surface area (TPSA) is 52.6 Å². The third-order valence-electron chi connectivity index (χ3n) is 3.75. The van der Waals surface area contributed by atoms with Crippen LogP contribution in [-0.2, 0) is 4.79 Å². The van der Waals surface area contributed by atoms with Crippen LogP contribution in [-0.4, -0.2) is 53.9 Å². The van der Waals surface area contributed by atoms with Gasteiger partial charge in [-0.2, -0.15) is 13.2 Å². The van der Waals surface area contributed by atoms with Crippen molar-refractivity contribution in [3.8, 4) is 0 Å². The Morgan fingerprint density at radius 3 is 2.33 bits per heavy atom. The van der Waals surface area contributed by atoms with Crippen molar-refractivity contribution < 1.29 is 23.1 Å². The molecule has 1 saturated carbocycles. The zero-order valence-electron chi connectivity index (χ0n) is 9.91. The molecule has 3 rings (SSSR count). The number of carboxylic acid groups (broad SMARTS) is 1. The van der Waals surface area contributed by atoms with Crippen LogP contribution in [0.1, 0.15) is 19.3 Å². The predicted octanol–water partition coefficient (Wildman–Crippen LogP) is 1.08. The van der Waals surface area contributed by atoms with Crippen LogP contribution in [0, 0.1) is 5.92 Å². The molecule has 0 aromatic heterocycles. The molecule has 0 radical (unpaired) electrons. The molecule has 3 fully saturated rings. The Morgan fingerprint density at radius 1 is 1.22 bits per heavy atom. The SMILES string of the molecule is C1CN(C2CC2)C2CNCC12.O=C(O)C(F)(F)F. The van der Waals surface area contributed by atoms with Crippen LogP contribution in [0.5, 0.6) is 0 Å². The average molecular weight is 266 g/mol. The average Bonchev–Trinajstić information content (AvgIpc) is 2.86. The van der Waals surface area contributed by atoms with Crippen molar-refractivity contribution in [1.82, 2.24) is 10.2 Å². The molecule has 2 saturated heterocycles. The van der Waals surface area contributed by atoms with Gasteiger partial charge in [0.1, 0.15) is 0 Å². The minimum Gasteiger partial charge on any atom is -0.475 e. The number of nitrogens with zero attached hydrogens (tertiary/aromatic N) is 1. The molecule has 0 bridgehead atoms. The van der Waals surface area contributed by atoms with E-state index in [1.54, 1.807) is 0 Å². The number of rotatable bonds is 1. The molecule has 2 aliphatic heterocycles. The number of carboxylic acids is 1. The Balaban J connectivity index is 0.000000152. The van der Waals surface area contributed by atoms with Crippen molar-refractivity contribution in [3.63, 3.8) is 0 Å². The molecule has 0 aromatic rings. The number of alkyl halides is 3. The first-order valence-electron chi connectivity index (χ1n) is 6.16. The third-order valence-corrected chi connectivity index (χ3v) is 3.75. The fourth-order valence-corrected chi connectivity index (χ4v) is 2.74. The fourth-order valence-electron chi connectivity index (χ4n) is 2.74. The van der Waals surface area contributed by atoms with Crippen molar-refractivity contribution in [1.29, 1.82) is 0 Å². The molecule has 18 heavy (non-hydrogen) atoms. The molecule has 0 amide bonds. The van der Waals surface area contributed by atoms with Crippen LogP contribution >= 0.6 is 0 Å². The largest absolute Gasteiger partial charge is 0.490 e. The maximum Gasteiger partial charge on any atom is 0.490 e. The van der Waals surface area contributed by atoms with E-state index in [4.69, 9.17) is 9.90 Å². The summed E-state index contributed by atoms with van der Waals surface area (Å²) < 4.78 is 31.7. The molecule has 104 valence electrons. The van der Waals surface area contributed by atoms with Crippen molar-refractivity contribution >= 4 is 5.97 Å². The Kier molecular flexibility index (Phi) is 3.82. The molecule has 3 aliphatic rings. The summed E-state index contributed by atoms with van der Waals surface area (Å²) in [6.45, 7) is 3.94. The van der Waals surface area contributed by atoms with Crippen LogP contribution in [0.2, 0.25) is 0 Å². The lowest BCUT2D eigenvalue weighted by atomic mass is 10.1. The zero-order valence-corrected chi connectivity index (χ0v) is 9.91. The second kappa shape index (κ2) is 5.05. The highest BCUT2D eigenvalue weighted by molar-refractivity contribution is 5.73. The number of hydrogen-bond donors (Lipinski definition) is 2. The van der Waals surface area contributed by atoms with Gasteiger partial charge >= 0.3 is 12.1 Å². The Bertz CT molecular complexity index is 318. The highest BCUT2D eigenvalue weighted by Crippen LogP contribution is 2.37. The summed E-state index contributed by atoms with van der Waals surface area (Å²) in [5.41, 5.74) is 0. The molecule has 1 aliphatic carbocycles. The number of nitrogens with one attached hydrogen (secondary N) is 1. The smallest absolute Gasteiger partial charge is 0.475 e. The lowest BCUT2D eigenvalue weighted by Gasteiger charge is -2.22. The summed E-state index contributed by atoms with van der Waals surface area (Å²) in [6.07, 6.45) is -0.680. The summed E-state index contributed by atoms with van der Waals surface area (Å²) >= 11 is 0. The quantitative estimate of drug-likeness (QED) is 0.745. The van der Waals surface area contributed by atoms with Gasteiger partial charge in [-0.05, 0) is 38.3 Å². The Hall–Kier alpha value is -0.820. The lowest BCUT2D eigenvalue weighted by Crippen LogP contribution is -2.35. The summed E-state index contributed by atoms with van der Waals surface area (Å²) in [7, 11) is 0. The normalized spacial score (nSPS) is 31.7. The van der Waals surface area contributed by atoms with E-state index in [1.807, 2.05) is 0 Å².